The second-order valence-corrected chi connectivity index (χ2v) is 10.2. The van der Waals surface area contributed by atoms with E-state index in [2.05, 4.69) is 15.0 Å². The average molecular weight is 583 g/mol. The van der Waals surface area contributed by atoms with Crippen molar-refractivity contribution in [3.05, 3.63) is 126 Å². The standard InChI is InChI=1S/C35H30N6O3/c1-44-31(42)20-13-23-9-14-26(15-10-23)35(43)38-22-24-11-16-27(17-12-24)41-33(28-8-5-21-37-32(28)36)40-30-19-18-29(39-34(30)41)25-6-3-2-4-7-25/h2-12,14-19,21H,13,20,22H2,1H3,(H2,36,37)(H,38,43). The molecule has 3 heterocycles. The van der Waals surface area contributed by atoms with Crippen LogP contribution >= 0.6 is 0 Å². The monoisotopic (exact) mass is 582 g/mol. The van der Waals surface area contributed by atoms with Gasteiger partial charge >= 0.3 is 5.97 Å². The molecule has 0 spiro atoms. The minimum absolute atomic E-state index is 0.179. The number of nitrogens with zero attached hydrogens (tertiary/aromatic N) is 4. The molecule has 3 aromatic carbocycles. The zero-order valence-corrected chi connectivity index (χ0v) is 24.1. The maximum atomic E-state index is 12.8. The summed E-state index contributed by atoms with van der Waals surface area (Å²) in [6, 6.07) is 32.8. The predicted molar refractivity (Wildman–Crippen MR) is 170 cm³/mol. The second-order valence-electron chi connectivity index (χ2n) is 10.2. The summed E-state index contributed by atoms with van der Waals surface area (Å²) in [5, 5.41) is 2.98. The lowest BCUT2D eigenvalue weighted by Crippen LogP contribution is -2.22. The molecule has 0 unspecified atom stereocenters. The third-order valence-electron chi connectivity index (χ3n) is 7.36. The van der Waals surface area contributed by atoms with Gasteiger partial charge in [0.25, 0.3) is 5.91 Å². The van der Waals surface area contributed by atoms with Gasteiger partial charge in [0.2, 0.25) is 0 Å². The van der Waals surface area contributed by atoms with E-state index in [9.17, 15) is 9.59 Å². The molecule has 0 aliphatic carbocycles. The number of nitrogens with two attached hydrogens (primary N) is 1. The van der Waals surface area contributed by atoms with Crippen molar-refractivity contribution in [2.45, 2.75) is 19.4 Å². The highest BCUT2D eigenvalue weighted by atomic mass is 16.5. The lowest BCUT2D eigenvalue weighted by Gasteiger charge is -2.12. The van der Waals surface area contributed by atoms with E-state index in [0.29, 0.717) is 47.8 Å². The van der Waals surface area contributed by atoms with E-state index >= 15 is 0 Å². The van der Waals surface area contributed by atoms with Gasteiger partial charge in [-0.25, -0.2) is 15.0 Å². The molecule has 0 fully saturated rings. The lowest BCUT2D eigenvalue weighted by molar-refractivity contribution is -0.140. The van der Waals surface area contributed by atoms with Crippen LogP contribution < -0.4 is 11.1 Å². The van der Waals surface area contributed by atoms with Gasteiger partial charge in [-0.05, 0) is 66.1 Å². The van der Waals surface area contributed by atoms with Crippen LogP contribution in [0.1, 0.15) is 27.9 Å². The first-order chi connectivity index (χ1) is 21.5. The van der Waals surface area contributed by atoms with E-state index < -0.39 is 0 Å². The molecule has 3 N–H and O–H groups in total. The van der Waals surface area contributed by atoms with Gasteiger partial charge in [0.05, 0.1) is 18.4 Å². The fourth-order valence-corrected chi connectivity index (χ4v) is 4.98. The first-order valence-electron chi connectivity index (χ1n) is 14.2. The Morgan fingerprint density at radius 3 is 2.32 bits per heavy atom. The number of methoxy groups -OCH3 is 1. The lowest BCUT2D eigenvalue weighted by atomic mass is 10.1. The van der Waals surface area contributed by atoms with Gasteiger partial charge in [0.15, 0.2) is 11.5 Å². The van der Waals surface area contributed by atoms with Crippen molar-refractivity contribution in [1.82, 2.24) is 24.8 Å². The molecule has 9 heteroatoms. The Hall–Kier alpha value is -5.83. The number of imidazole rings is 1. The zero-order valence-electron chi connectivity index (χ0n) is 24.1. The number of carbonyl (C=O) groups excluding carboxylic acids is 2. The molecule has 44 heavy (non-hydrogen) atoms. The number of benzene rings is 3. The van der Waals surface area contributed by atoms with Crippen LogP contribution in [-0.4, -0.2) is 38.5 Å². The molecule has 0 aliphatic heterocycles. The Balaban J connectivity index is 1.25. The quantitative estimate of drug-likeness (QED) is 0.207. The Labute approximate surface area is 254 Å². The van der Waals surface area contributed by atoms with E-state index in [1.54, 1.807) is 18.3 Å². The Morgan fingerprint density at radius 2 is 1.59 bits per heavy atom. The molecule has 6 rings (SSSR count). The number of aromatic nitrogens is 4. The van der Waals surface area contributed by atoms with E-state index in [1.807, 2.05) is 95.6 Å². The van der Waals surface area contributed by atoms with Gasteiger partial charge in [0, 0.05) is 36.0 Å². The largest absolute Gasteiger partial charge is 0.469 e. The Bertz CT molecular complexity index is 1930. The van der Waals surface area contributed by atoms with Gasteiger partial charge in [-0.15, -0.1) is 0 Å². The Kier molecular flexibility index (Phi) is 8.09. The van der Waals surface area contributed by atoms with Crippen molar-refractivity contribution in [1.29, 1.82) is 0 Å². The molecule has 9 nitrogen and oxygen atoms in total. The maximum Gasteiger partial charge on any atom is 0.305 e. The summed E-state index contributed by atoms with van der Waals surface area (Å²) in [5.41, 5.74) is 13.5. The van der Waals surface area contributed by atoms with Crippen molar-refractivity contribution >= 4 is 28.9 Å². The second kappa shape index (κ2) is 12.6. The number of ether oxygens (including phenoxy) is 1. The van der Waals surface area contributed by atoms with Crippen LogP contribution in [0.4, 0.5) is 5.82 Å². The number of rotatable bonds is 9. The number of fused-ring (bicyclic) bond motifs is 1. The van der Waals surface area contributed by atoms with Gasteiger partial charge < -0.3 is 15.8 Å². The van der Waals surface area contributed by atoms with E-state index in [-0.39, 0.29) is 11.9 Å². The number of esters is 1. The van der Waals surface area contributed by atoms with Crippen LogP contribution in [0.25, 0.3) is 39.5 Å². The highest BCUT2D eigenvalue weighted by Crippen LogP contribution is 2.31. The summed E-state index contributed by atoms with van der Waals surface area (Å²) in [7, 11) is 1.37. The number of amides is 1. The summed E-state index contributed by atoms with van der Waals surface area (Å²) in [6.45, 7) is 0.354. The van der Waals surface area contributed by atoms with Crippen molar-refractivity contribution < 1.29 is 14.3 Å². The normalized spacial score (nSPS) is 10.9. The van der Waals surface area contributed by atoms with Gasteiger partial charge in [0.1, 0.15) is 11.3 Å². The molecule has 6 aromatic rings. The first kappa shape index (κ1) is 28.3. The van der Waals surface area contributed by atoms with Gasteiger partial charge in [-0.1, -0.05) is 54.6 Å². The highest BCUT2D eigenvalue weighted by molar-refractivity contribution is 5.94. The number of hydrogen-bond acceptors (Lipinski definition) is 7. The molecule has 0 saturated carbocycles. The minimum Gasteiger partial charge on any atom is -0.469 e. The average Bonchev–Trinajstić information content (AvgIpc) is 3.45. The highest BCUT2D eigenvalue weighted by Gasteiger charge is 2.19. The van der Waals surface area contributed by atoms with Crippen LogP contribution in [0.15, 0.2) is 109 Å². The van der Waals surface area contributed by atoms with Crippen LogP contribution in [-0.2, 0) is 22.5 Å². The molecule has 0 radical (unpaired) electrons. The smallest absolute Gasteiger partial charge is 0.305 e. The summed E-state index contributed by atoms with van der Waals surface area (Å²) < 4.78 is 6.67. The fraction of sp³-hybridized carbons (Fsp3) is 0.114. The van der Waals surface area contributed by atoms with Crippen molar-refractivity contribution in [3.8, 4) is 28.3 Å². The third kappa shape index (κ3) is 6.03. The van der Waals surface area contributed by atoms with Gasteiger partial charge in [-0.2, -0.15) is 0 Å². The van der Waals surface area contributed by atoms with Crippen LogP contribution in [0.5, 0.6) is 0 Å². The maximum absolute atomic E-state index is 12.8. The van der Waals surface area contributed by atoms with Crippen LogP contribution in [0.3, 0.4) is 0 Å². The molecule has 0 saturated heterocycles. The summed E-state index contributed by atoms with van der Waals surface area (Å²) >= 11 is 0. The first-order valence-corrected chi connectivity index (χ1v) is 14.2. The number of nitrogens with one attached hydrogen (secondary N) is 1. The summed E-state index contributed by atoms with van der Waals surface area (Å²) in [6.07, 6.45) is 2.51. The molecule has 0 atom stereocenters. The molecular formula is C35H30N6O3. The van der Waals surface area contributed by atoms with Crippen LogP contribution in [0, 0.1) is 0 Å². The SMILES string of the molecule is COC(=O)CCc1ccc(C(=O)NCc2ccc(-n3c(-c4cccnc4N)nc4ccc(-c5ccccc5)nc43)cc2)cc1. The fourth-order valence-electron chi connectivity index (χ4n) is 4.98. The van der Waals surface area contributed by atoms with Crippen molar-refractivity contribution in [2.75, 3.05) is 12.8 Å². The van der Waals surface area contributed by atoms with Gasteiger partial charge in [-0.3, -0.25) is 14.2 Å². The summed E-state index contributed by atoms with van der Waals surface area (Å²) in [5.74, 6) is 0.577. The number of nitrogen functional groups attached to an aromatic ring is 1. The number of aryl methyl sites for hydroxylation is 1. The van der Waals surface area contributed by atoms with Crippen molar-refractivity contribution in [3.63, 3.8) is 0 Å². The minimum atomic E-state index is -0.260. The van der Waals surface area contributed by atoms with Crippen LogP contribution in [0.2, 0.25) is 0 Å². The third-order valence-corrected chi connectivity index (χ3v) is 7.36. The molecule has 1 amide bonds. The Morgan fingerprint density at radius 1 is 0.841 bits per heavy atom. The molecular weight excluding hydrogens is 552 g/mol. The number of pyridine rings is 2. The predicted octanol–water partition coefficient (Wildman–Crippen LogP) is 5.77. The van der Waals surface area contributed by atoms with E-state index in [4.69, 9.17) is 15.7 Å². The molecule has 0 aliphatic rings. The topological polar surface area (TPSA) is 125 Å². The number of hydrogen-bond donors (Lipinski definition) is 2. The molecule has 3 aromatic heterocycles. The molecule has 218 valence electrons. The summed E-state index contributed by atoms with van der Waals surface area (Å²) in [4.78, 5) is 38.4. The van der Waals surface area contributed by atoms with E-state index in [1.165, 1.54) is 7.11 Å². The molecule has 0 bridgehead atoms. The zero-order chi connectivity index (χ0) is 30.5. The van der Waals surface area contributed by atoms with E-state index in [0.717, 1.165) is 33.6 Å². The number of anilines is 1. The number of carbonyl (C=O) groups is 2. The van der Waals surface area contributed by atoms with Crippen molar-refractivity contribution in [2.24, 2.45) is 0 Å².